The van der Waals surface area contributed by atoms with Crippen LogP contribution in [0.15, 0.2) is 0 Å². The number of nitrogens with one attached hydrogen (secondary N) is 2. The minimum Gasteiger partial charge on any atom is -0.449 e. The van der Waals surface area contributed by atoms with Gasteiger partial charge < -0.3 is 15.4 Å². The fraction of sp³-hybridized carbons (Fsp3) is 0.818. The lowest BCUT2D eigenvalue weighted by Crippen LogP contribution is -2.36. The van der Waals surface area contributed by atoms with Gasteiger partial charge in [0.1, 0.15) is 0 Å². The third-order valence-corrected chi connectivity index (χ3v) is 4.89. The van der Waals surface area contributed by atoms with Gasteiger partial charge in [0.15, 0.2) is 6.07 Å². The number of halogens is 1. The van der Waals surface area contributed by atoms with E-state index >= 15 is 0 Å². The Bertz CT molecular complexity index is 329. The Hall–Kier alpha value is -0.620. The van der Waals surface area contributed by atoms with E-state index in [0.717, 1.165) is 25.0 Å². The number of thioether (sulfide) groups is 1. The van der Waals surface area contributed by atoms with Crippen LogP contribution in [-0.2, 0) is 9.53 Å². The number of carbonyl (C=O) groups excluding carboxylic acids is 2. The molecule has 0 aromatic rings. The van der Waals surface area contributed by atoms with Gasteiger partial charge in [-0.1, -0.05) is 18.0 Å². The van der Waals surface area contributed by atoms with Crippen molar-refractivity contribution in [2.24, 2.45) is 0 Å². The van der Waals surface area contributed by atoms with Gasteiger partial charge in [-0.2, -0.15) is 11.8 Å². The highest BCUT2D eigenvalue weighted by Gasteiger charge is 2.42. The highest BCUT2D eigenvalue weighted by molar-refractivity contribution is 8.00. The van der Waals surface area contributed by atoms with E-state index in [4.69, 9.17) is 11.6 Å². The lowest BCUT2D eigenvalue weighted by Gasteiger charge is -2.16. The first-order valence-corrected chi connectivity index (χ1v) is 7.69. The monoisotopic (exact) mass is 292 g/mol. The van der Waals surface area contributed by atoms with Crippen LogP contribution in [0.1, 0.15) is 25.7 Å². The summed E-state index contributed by atoms with van der Waals surface area (Å²) >= 11 is 7.18. The molecule has 0 bridgehead atoms. The fourth-order valence-corrected chi connectivity index (χ4v) is 4.06. The summed E-state index contributed by atoms with van der Waals surface area (Å²) in [4.78, 5) is 22.3. The summed E-state index contributed by atoms with van der Waals surface area (Å²) in [5, 5.41) is 6.32. The molecule has 2 aliphatic rings. The van der Waals surface area contributed by atoms with Crippen LogP contribution in [0.25, 0.3) is 0 Å². The maximum Gasteiger partial charge on any atom is 0.315 e. The molecule has 0 aromatic heterocycles. The molecule has 0 aromatic carbocycles. The van der Waals surface area contributed by atoms with Crippen molar-refractivity contribution in [3.05, 3.63) is 0 Å². The van der Waals surface area contributed by atoms with Crippen LogP contribution in [0.3, 0.4) is 0 Å². The summed E-state index contributed by atoms with van der Waals surface area (Å²) in [5.74, 6) is 0.736. The molecule has 2 N–H and O–H groups in total. The predicted octanol–water partition coefficient (Wildman–Crippen LogP) is 1.45. The van der Waals surface area contributed by atoms with Crippen molar-refractivity contribution in [1.82, 2.24) is 10.6 Å². The Balaban J connectivity index is 1.62. The molecule has 0 radical (unpaired) electrons. The molecule has 0 saturated carbocycles. The highest BCUT2D eigenvalue weighted by Crippen LogP contribution is 2.33. The fourth-order valence-electron chi connectivity index (χ4n) is 2.39. The second-order valence-corrected chi connectivity index (χ2v) is 5.98. The average molecular weight is 293 g/mol. The molecule has 7 heteroatoms. The first-order chi connectivity index (χ1) is 8.70. The molecule has 5 nitrogen and oxygen atoms in total. The Morgan fingerprint density at radius 1 is 1.44 bits per heavy atom. The number of ether oxygens (including phenoxy) is 1. The Morgan fingerprint density at radius 3 is 3.06 bits per heavy atom. The number of hydrogen-bond donors (Lipinski definition) is 2. The lowest BCUT2D eigenvalue weighted by molar-refractivity contribution is -0.141. The van der Waals surface area contributed by atoms with Crippen molar-refractivity contribution in [3.8, 4) is 0 Å². The molecule has 2 heterocycles. The molecule has 2 amide bonds. The third kappa shape index (κ3) is 3.45. The van der Waals surface area contributed by atoms with Gasteiger partial charge in [-0.3, -0.25) is 4.79 Å². The van der Waals surface area contributed by atoms with Gasteiger partial charge in [0, 0.05) is 17.4 Å². The molecule has 3 atom stereocenters. The van der Waals surface area contributed by atoms with Gasteiger partial charge >= 0.3 is 12.0 Å². The average Bonchev–Trinajstić information content (AvgIpc) is 2.85. The number of fused-ring (bicyclic) bond motifs is 1. The van der Waals surface area contributed by atoms with E-state index < -0.39 is 0 Å². The molecular weight excluding hydrogens is 276 g/mol. The molecule has 2 saturated heterocycles. The van der Waals surface area contributed by atoms with Crippen LogP contribution in [0, 0.1) is 0 Å². The number of amides is 2. The zero-order chi connectivity index (χ0) is 13.0. The van der Waals surface area contributed by atoms with Crippen LogP contribution < -0.4 is 10.6 Å². The van der Waals surface area contributed by atoms with Crippen LogP contribution >= 0.6 is 23.4 Å². The SMILES string of the molecule is O=C1N[C@H]2[C@H](CS[C@H]2CCCCC(=O)OCCl)N1. The van der Waals surface area contributed by atoms with E-state index in [0.29, 0.717) is 11.7 Å². The molecule has 2 aliphatic heterocycles. The van der Waals surface area contributed by atoms with E-state index in [1.807, 2.05) is 11.8 Å². The van der Waals surface area contributed by atoms with Crippen molar-refractivity contribution in [1.29, 1.82) is 0 Å². The maximum absolute atomic E-state index is 11.2. The summed E-state index contributed by atoms with van der Waals surface area (Å²) in [6.07, 6.45) is 3.21. The minimum atomic E-state index is -0.238. The first-order valence-electron chi connectivity index (χ1n) is 6.11. The van der Waals surface area contributed by atoms with Crippen molar-refractivity contribution < 1.29 is 14.3 Å². The third-order valence-electron chi connectivity index (χ3n) is 3.27. The second kappa shape index (κ2) is 6.52. The zero-order valence-corrected chi connectivity index (χ0v) is 11.6. The zero-order valence-electron chi connectivity index (χ0n) is 9.99. The van der Waals surface area contributed by atoms with Crippen LogP contribution in [0.5, 0.6) is 0 Å². The number of alkyl halides is 1. The normalized spacial score (nSPS) is 29.6. The molecule has 2 rings (SSSR count). The molecule has 0 unspecified atom stereocenters. The van der Waals surface area contributed by atoms with Crippen LogP contribution in [0.2, 0.25) is 0 Å². The largest absolute Gasteiger partial charge is 0.449 e. The Kier molecular flexibility index (Phi) is 5.00. The first kappa shape index (κ1) is 13.8. The van der Waals surface area contributed by atoms with Gasteiger partial charge in [-0.25, -0.2) is 4.79 Å². The van der Waals surface area contributed by atoms with E-state index in [9.17, 15) is 9.59 Å². The summed E-state index contributed by atoms with van der Waals surface area (Å²) in [6, 6.07) is 0.394. The summed E-state index contributed by atoms with van der Waals surface area (Å²) in [7, 11) is 0. The predicted molar refractivity (Wildman–Crippen MR) is 70.8 cm³/mol. The van der Waals surface area contributed by atoms with Gasteiger partial charge in [0.05, 0.1) is 12.1 Å². The van der Waals surface area contributed by atoms with Gasteiger partial charge in [0.2, 0.25) is 0 Å². The Labute approximate surface area is 115 Å². The summed E-state index contributed by atoms with van der Waals surface area (Å²) in [6.45, 7) is 0. The smallest absolute Gasteiger partial charge is 0.315 e. The van der Waals surface area contributed by atoms with Gasteiger partial charge in [-0.15, -0.1) is 0 Å². The molecule has 0 spiro atoms. The number of unbranched alkanes of at least 4 members (excludes halogenated alkanes) is 1. The van der Waals surface area contributed by atoms with E-state index in [2.05, 4.69) is 15.4 Å². The van der Waals surface area contributed by atoms with E-state index in [-0.39, 0.29) is 30.2 Å². The standard InChI is InChI=1S/C11H17ClN2O3S/c12-6-17-9(15)4-2-1-3-8-10-7(5-18-8)13-11(16)14-10/h7-8,10H,1-6H2,(H2,13,14,16)/t7-,8-,10-/m0/s1. The van der Waals surface area contributed by atoms with Crippen LogP contribution in [0.4, 0.5) is 4.79 Å². The van der Waals surface area contributed by atoms with Crippen molar-refractivity contribution >= 4 is 35.4 Å². The van der Waals surface area contributed by atoms with Crippen molar-refractivity contribution in [2.45, 2.75) is 43.0 Å². The molecular formula is C11H17ClN2O3S. The van der Waals surface area contributed by atoms with E-state index in [1.54, 1.807) is 0 Å². The van der Waals surface area contributed by atoms with Gasteiger partial charge in [0.25, 0.3) is 0 Å². The molecule has 2 fully saturated rings. The summed E-state index contributed by atoms with van der Waals surface area (Å²) in [5.41, 5.74) is 0. The number of rotatable bonds is 6. The lowest BCUT2D eigenvalue weighted by atomic mass is 10.0. The highest BCUT2D eigenvalue weighted by atomic mass is 35.5. The van der Waals surface area contributed by atoms with Crippen molar-refractivity contribution in [3.63, 3.8) is 0 Å². The maximum atomic E-state index is 11.2. The Morgan fingerprint density at radius 2 is 2.28 bits per heavy atom. The van der Waals surface area contributed by atoms with Crippen molar-refractivity contribution in [2.75, 3.05) is 11.8 Å². The number of carbonyl (C=O) groups is 2. The number of urea groups is 1. The quantitative estimate of drug-likeness (QED) is 0.337. The molecule has 0 aliphatic carbocycles. The minimum absolute atomic E-state index is 0.0546. The topological polar surface area (TPSA) is 67.4 Å². The van der Waals surface area contributed by atoms with Gasteiger partial charge in [-0.05, 0) is 12.8 Å². The number of hydrogen-bond acceptors (Lipinski definition) is 4. The van der Waals surface area contributed by atoms with E-state index in [1.165, 1.54) is 0 Å². The number of esters is 1. The molecule has 102 valence electrons. The van der Waals surface area contributed by atoms with Crippen LogP contribution in [-0.4, -0.2) is 41.2 Å². The summed E-state index contributed by atoms with van der Waals surface area (Å²) < 4.78 is 4.65. The molecule has 18 heavy (non-hydrogen) atoms. The second-order valence-electron chi connectivity index (χ2n) is 4.49.